The first-order valence-corrected chi connectivity index (χ1v) is 8.61. The normalized spacial score (nSPS) is 51.8. The summed E-state index contributed by atoms with van der Waals surface area (Å²) in [5, 5.41) is 10.3. The first kappa shape index (κ1) is 14.8. The van der Waals surface area contributed by atoms with Crippen LogP contribution in [0.5, 0.6) is 0 Å². The highest BCUT2D eigenvalue weighted by Crippen LogP contribution is 2.62. The Morgan fingerprint density at radius 2 is 1.70 bits per heavy atom. The van der Waals surface area contributed by atoms with Crippen molar-refractivity contribution in [2.24, 2.45) is 28.6 Å². The minimum atomic E-state index is -0.895. The quantitative estimate of drug-likeness (QED) is 0.714. The first-order chi connectivity index (χ1) is 9.25. The Morgan fingerprint density at radius 1 is 0.950 bits per heavy atom. The summed E-state index contributed by atoms with van der Waals surface area (Å²) in [5.41, 5.74) is 0.960. The van der Waals surface area contributed by atoms with Gasteiger partial charge in [-0.25, -0.2) is 0 Å². The average molecular weight is 280 g/mol. The maximum atomic E-state index is 10.3. The molecule has 0 aromatic carbocycles. The van der Waals surface area contributed by atoms with Crippen LogP contribution in [-0.4, -0.2) is 17.5 Å². The van der Waals surface area contributed by atoms with E-state index in [-0.39, 0.29) is 0 Å². The van der Waals surface area contributed by atoms with Crippen molar-refractivity contribution in [3.63, 3.8) is 0 Å². The molecule has 1 heterocycles. The molecule has 2 nitrogen and oxygen atoms in total. The molecule has 0 amide bonds. The lowest BCUT2D eigenvalue weighted by atomic mass is 9.46. The molecule has 3 rings (SSSR count). The first-order valence-electron chi connectivity index (χ1n) is 8.61. The maximum Gasteiger partial charge on any atom is 0.162 e. The van der Waals surface area contributed by atoms with Crippen LogP contribution in [-0.2, 0) is 4.74 Å². The lowest BCUT2D eigenvalue weighted by Gasteiger charge is -2.59. The molecule has 4 unspecified atom stereocenters. The zero-order valence-electron chi connectivity index (χ0n) is 13.7. The summed E-state index contributed by atoms with van der Waals surface area (Å²) in [5.74, 6) is 1.37. The van der Waals surface area contributed by atoms with Gasteiger partial charge in [-0.15, -0.1) is 0 Å². The molecule has 116 valence electrons. The van der Waals surface area contributed by atoms with Crippen LogP contribution in [0, 0.1) is 28.6 Å². The summed E-state index contributed by atoms with van der Waals surface area (Å²) in [6.07, 6.45) is 8.74. The van der Waals surface area contributed by atoms with E-state index in [0.29, 0.717) is 16.7 Å². The van der Waals surface area contributed by atoms with E-state index in [2.05, 4.69) is 20.8 Å². The third-order valence-corrected chi connectivity index (χ3v) is 7.05. The fourth-order valence-electron chi connectivity index (χ4n) is 6.00. The second-order valence-corrected chi connectivity index (χ2v) is 8.87. The molecule has 1 aliphatic heterocycles. The molecule has 3 aliphatic rings. The van der Waals surface area contributed by atoms with Gasteiger partial charge < -0.3 is 9.84 Å². The van der Waals surface area contributed by atoms with E-state index in [1.165, 1.54) is 32.1 Å². The van der Waals surface area contributed by atoms with Crippen LogP contribution < -0.4 is 0 Å². The van der Waals surface area contributed by atoms with E-state index in [1.807, 2.05) is 6.92 Å². The third-order valence-electron chi connectivity index (χ3n) is 7.05. The van der Waals surface area contributed by atoms with E-state index in [1.54, 1.807) is 0 Å². The Kier molecular flexibility index (Phi) is 3.49. The number of hydrogen-bond donors (Lipinski definition) is 1. The Balaban J connectivity index is 1.88. The van der Waals surface area contributed by atoms with E-state index >= 15 is 0 Å². The molecule has 0 radical (unpaired) electrons. The predicted molar refractivity (Wildman–Crippen MR) is 81.3 cm³/mol. The van der Waals surface area contributed by atoms with Gasteiger partial charge in [-0.2, -0.15) is 0 Å². The molecule has 3 fully saturated rings. The number of ether oxygens (including phenoxy) is 1. The van der Waals surface area contributed by atoms with E-state index in [4.69, 9.17) is 4.74 Å². The van der Waals surface area contributed by atoms with Crippen molar-refractivity contribution in [2.75, 3.05) is 6.61 Å². The van der Waals surface area contributed by atoms with Crippen molar-refractivity contribution >= 4 is 0 Å². The van der Waals surface area contributed by atoms with Crippen LogP contribution in [0.4, 0.5) is 0 Å². The lowest BCUT2D eigenvalue weighted by molar-refractivity contribution is -0.195. The molecule has 20 heavy (non-hydrogen) atoms. The van der Waals surface area contributed by atoms with Crippen LogP contribution in [0.3, 0.4) is 0 Å². The molecule has 0 aromatic rings. The van der Waals surface area contributed by atoms with Gasteiger partial charge in [-0.1, -0.05) is 27.2 Å². The SMILES string of the molecule is CC1(C)CCCC2(C)C3CC[C@](C)(O)OCC3CCC12. The van der Waals surface area contributed by atoms with Gasteiger partial charge in [0.2, 0.25) is 0 Å². The topological polar surface area (TPSA) is 29.5 Å². The molecule has 1 saturated heterocycles. The Morgan fingerprint density at radius 3 is 2.45 bits per heavy atom. The largest absolute Gasteiger partial charge is 0.366 e. The highest BCUT2D eigenvalue weighted by atomic mass is 16.6. The summed E-state index contributed by atoms with van der Waals surface area (Å²) in [7, 11) is 0. The summed E-state index contributed by atoms with van der Waals surface area (Å²) in [4.78, 5) is 0. The maximum absolute atomic E-state index is 10.3. The highest BCUT2D eigenvalue weighted by molar-refractivity contribution is 5.04. The number of rotatable bonds is 0. The minimum absolute atomic E-state index is 0.467. The van der Waals surface area contributed by atoms with E-state index < -0.39 is 5.79 Å². The minimum Gasteiger partial charge on any atom is -0.366 e. The van der Waals surface area contributed by atoms with Gasteiger partial charge in [-0.05, 0) is 67.6 Å². The van der Waals surface area contributed by atoms with Gasteiger partial charge in [-0.3, -0.25) is 0 Å². The van der Waals surface area contributed by atoms with Gasteiger partial charge in [0.1, 0.15) is 0 Å². The van der Waals surface area contributed by atoms with E-state index in [0.717, 1.165) is 31.3 Å². The summed E-state index contributed by atoms with van der Waals surface area (Å²) in [6.45, 7) is 10.1. The average Bonchev–Trinajstić information content (AvgIpc) is 2.48. The molecular formula is C18H32O2. The Bertz CT molecular complexity index is 374. The fraction of sp³-hybridized carbons (Fsp3) is 1.00. The van der Waals surface area contributed by atoms with Crippen LogP contribution >= 0.6 is 0 Å². The molecule has 0 aromatic heterocycles. The smallest absolute Gasteiger partial charge is 0.162 e. The number of hydrogen-bond acceptors (Lipinski definition) is 2. The zero-order chi connectivity index (χ0) is 14.6. The van der Waals surface area contributed by atoms with Gasteiger partial charge >= 0.3 is 0 Å². The Labute approximate surface area is 124 Å². The fourth-order valence-corrected chi connectivity index (χ4v) is 6.00. The second-order valence-electron chi connectivity index (χ2n) is 8.87. The van der Waals surface area contributed by atoms with Gasteiger partial charge in [0, 0.05) is 6.42 Å². The van der Waals surface area contributed by atoms with Crippen LogP contribution in [0.1, 0.15) is 72.6 Å². The van der Waals surface area contributed by atoms with Gasteiger partial charge in [0.05, 0.1) is 6.61 Å². The van der Waals surface area contributed by atoms with Crippen LogP contribution in [0.25, 0.3) is 0 Å². The van der Waals surface area contributed by atoms with Crippen molar-refractivity contribution < 1.29 is 9.84 Å². The van der Waals surface area contributed by atoms with Crippen molar-refractivity contribution in [2.45, 2.75) is 78.4 Å². The third kappa shape index (κ3) is 2.33. The van der Waals surface area contributed by atoms with Crippen molar-refractivity contribution in [1.29, 1.82) is 0 Å². The molecule has 2 aliphatic carbocycles. The molecule has 1 N–H and O–H groups in total. The number of fused-ring (bicyclic) bond motifs is 3. The van der Waals surface area contributed by atoms with Crippen molar-refractivity contribution in [3.8, 4) is 0 Å². The van der Waals surface area contributed by atoms with Crippen molar-refractivity contribution in [3.05, 3.63) is 0 Å². The molecular weight excluding hydrogens is 248 g/mol. The molecule has 2 heteroatoms. The molecule has 5 atom stereocenters. The number of aliphatic hydroxyl groups is 1. The van der Waals surface area contributed by atoms with Gasteiger partial charge in [0.15, 0.2) is 5.79 Å². The lowest BCUT2D eigenvalue weighted by Crippen LogP contribution is -2.51. The molecule has 2 saturated carbocycles. The summed E-state index contributed by atoms with van der Waals surface area (Å²) in [6, 6.07) is 0. The summed E-state index contributed by atoms with van der Waals surface area (Å²) < 4.78 is 5.79. The van der Waals surface area contributed by atoms with Crippen LogP contribution in [0.2, 0.25) is 0 Å². The monoisotopic (exact) mass is 280 g/mol. The highest BCUT2D eigenvalue weighted by Gasteiger charge is 2.55. The molecule has 0 bridgehead atoms. The second kappa shape index (κ2) is 4.71. The predicted octanol–water partition coefficient (Wildman–Crippen LogP) is 4.36. The summed E-state index contributed by atoms with van der Waals surface area (Å²) >= 11 is 0. The standard InChI is InChI=1S/C18H32O2/c1-16(2)9-5-10-17(3)14-8-11-18(4,19)20-12-13(14)6-7-15(16)17/h13-15,19H,5-12H2,1-4H3/t13?,14?,15?,17?,18-/m1/s1. The zero-order valence-corrected chi connectivity index (χ0v) is 13.7. The Hall–Kier alpha value is -0.0800. The van der Waals surface area contributed by atoms with Crippen molar-refractivity contribution in [1.82, 2.24) is 0 Å². The van der Waals surface area contributed by atoms with Gasteiger partial charge in [0.25, 0.3) is 0 Å². The molecule has 0 spiro atoms. The van der Waals surface area contributed by atoms with Crippen LogP contribution in [0.15, 0.2) is 0 Å². The van der Waals surface area contributed by atoms with E-state index in [9.17, 15) is 5.11 Å².